The van der Waals surface area contributed by atoms with Gasteiger partial charge in [0.2, 0.25) is 0 Å². The number of ketones is 1. The number of fused-ring (bicyclic) bond motifs is 1. The van der Waals surface area contributed by atoms with Gasteiger partial charge in [-0.3, -0.25) is 4.79 Å². The molecule has 6 heteroatoms. The van der Waals surface area contributed by atoms with E-state index in [2.05, 4.69) is 21.8 Å². The monoisotopic (exact) mass is 326 g/mol. The quantitative estimate of drug-likeness (QED) is 0.427. The van der Waals surface area contributed by atoms with Crippen molar-refractivity contribution < 1.29 is 4.79 Å². The van der Waals surface area contributed by atoms with Crippen molar-refractivity contribution in [1.29, 1.82) is 0 Å². The van der Waals surface area contributed by atoms with Crippen LogP contribution in [0.5, 0.6) is 0 Å². The van der Waals surface area contributed by atoms with Gasteiger partial charge in [0.15, 0.2) is 10.9 Å². The van der Waals surface area contributed by atoms with Gasteiger partial charge in [-0.1, -0.05) is 36.0 Å². The topological polar surface area (TPSA) is 63.6 Å². The van der Waals surface area contributed by atoms with Crippen LogP contribution in [-0.2, 0) is 6.54 Å². The number of hydrogen-bond donors (Lipinski definition) is 1. The molecule has 0 aliphatic carbocycles. The first-order valence-electron chi connectivity index (χ1n) is 7.39. The van der Waals surface area contributed by atoms with Gasteiger partial charge in [-0.15, -0.1) is 16.8 Å². The summed E-state index contributed by atoms with van der Waals surface area (Å²) in [4.78, 5) is 15.9. The molecular formula is C17H18N4OS. The summed E-state index contributed by atoms with van der Waals surface area (Å²) in [5.74, 6) is 0.900. The minimum absolute atomic E-state index is 0.0817. The van der Waals surface area contributed by atoms with Gasteiger partial charge in [0, 0.05) is 29.2 Å². The molecule has 1 unspecified atom stereocenters. The Kier molecular flexibility index (Phi) is 4.34. The molecule has 0 spiro atoms. The van der Waals surface area contributed by atoms with E-state index in [1.807, 2.05) is 42.7 Å². The van der Waals surface area contributed by atoms with Crippen molar-refractivity contribution in [2.75, 3.05) is 0 Å². The Morgan fingerprint density at radius 1 is 1.43 bits per heavy atom. The SMILES string of the molecule is C=CCn1c(C)nnc1SC(C)C(=O)c1c[nH]c2ccccc12. The molecule has 0 saturated carbocycles. The zero-order valence-electron chi connectivity index (χ0n) is 13.1. The second kappa shape index (κ2) is 6.42. The normalized spacial score (nSPS) is 12.4. The highest BCUT2D eigenvalue weighted by Crippen LogP contribution is 2.27. The van der Waals surface area contributed by atoms with E-state index in [-0.39, 0.29) is 11.0 Å². The van der Waals surface area contributed by atoms with Crippen molar-refractivity contribution in [2.24, 2.45) is 0 Å². The lowest BCUT2D eigenvalue weighted by Gasteiger charge is -2.10. The van der Waals surface area contributed by atoms with E-state index >= 15 is 0 Å². The van der Waals surface area contributed by atoms with Crippen LogP contribution in [0.15, 0.2) is 48.3 Å². The van der Waals surface area contributed by atoms with Crippen LogP contribution in [-0.4, -0.2) is 30.8 Å². The largest absolute Gasteiger partial charge is 0.360 e. The minimum atomic E-state index is -0.249. The third-order valence-electron chi connectivity index (χ3n) is 3.72. The number of para-hydroxylation sites is 1. The molecular weight excluding hydrogens is 308 g/mol. The zero-order chi connectivity index (χ0) is 16.4. The maximum Gasteiger partial charge on any atom is 0.192 e. The van der Waals surface area contributed by atoms with Crippen molar-refractivity contribution in [1.82, 2.24) is 19.7 Å². The second-order valence-corrected chi connectivity index (χ2v) is 6.61. The second-order valence-electron chi connectivity index (χ2n) is 5.30. The minimum Gasteiger partial charge on any atom is -0.360 e. The lowest BCUT2D eigenvalue weighted by atomic mass is 10.1. The Morgan fingerprint density at radius 3 is 3.00 bits per heavy atom. The van der Waals surface area contributed by atoms with Gasteiger partial charge in [-0.25, -0.2) is 0 Å². The van der Waals surface area contributed by atoms with Crippen LogP contribution in [0, 0.1) is 6.92 Å². The summed E-state index contributed by atoms with van der Waals surface area (Å²) in [5.41, 5.74) is 1.69. The number of H-pyrrole nitrogens is 1. The predicted molar refractivity (Wildman–Crippen MR) is 92.9 cm³/mol. The fourth-order valence-corrected chi connectivity index (χ4v) is 3.47. The van der Waals surface area contributed by atoms with Crippen molar-refractivity contribution in [2.45, 2.75) is 30.8 Å². The van der Waals surface area contributed by atoms with Gasteiger partial charge in [-0.05, 0) is 19.9 Å². The molecule has 0 aliphatic heterocycles. The molecule has 3 rings (SSSR count). The fraction of sp³-hybridized carbons (Fsp3) is 0.235. The van der Waals surface area contributed by atoms with Crippen molar-refractivity contribution in [3.05, 3.63) is 54.5 Å². The molecule has 2 heterocycles. The third-order valence-corrected chi connectivity index (χ3v) is 4.80. The third kappa shape index (κ3) is 2.94. The van der Waals surface area contributed by atoms with E-state index in [1.165, 1.54) is 11.8 Å². The molecule has 0 radical (unpaired) electrons. The number of carbonyl (C=O) groups is 1. The lowest BCUT2D eigenvalue weighted by Crippen LogP contribution is -2.14. The summed E-state index contributed by atoms with van der Waals surface area (Å²) in [6.07, 6.45) is 3.58. The number of Topliss-reactive ketones (excluding diaryl/α,β-unsaturated/α-hetero) is 1. The van der Waals surface area contributed by atoms with Crippen LogP contribution in [0.25, 0.3) is 10.9 Å². The van der Waals surface area contributed by atoms with Crippen LogP contribution in [0.3, 0.4) is 0 Å². The summed E-state index contributed by atoms with van der Waals surface area (Å²) < 4.78 is 1.96. The Labute approximate surface area is 138 Å². The first kappa shape index (κ1) is 15.6. The van der Waals surface area contributed by atoms with E-state index in [9.17, 15) is 4.79 Å². The Hall–Kier alpha value is -2.34. The van der Waals surface area contributed by atoms with E-state index in [0.29, 0.717) is 12.1 Å². The summed E-state index contributed by atoms with van der Waals surface area (Å²) in [5, 5.41) is 9.70. The smallest absolute Gasteiger partial charge is 0.192 e. The molecule has 0 saturated heterocycles. The molecule has 23 heavy (non-hydrogen) atoms. The average molecular weight is 326 g/mol. The number of allylic oxidation sites excluding steroid dienone is 1. The van der Waals surface area contributed by atoms with Crippen LogP contribution in [0.4, 0.5) is 0 Å². The molecule has 1 aromatic carbocycles. The van der Waals surface area contributed by atoms with Crippen LogP contribution >= 0.6 is 11.8 Å². The Bertz CT molecular complexity index is 864. The first-order valence-corrected chi connectivity index (χ1v) is 8.27. The molecule has 0 amide bonds. The van der Waals surface area contributed by atoms with Crippen molar-refractivity contribution in [3.8, 4) is 0 Å². The average Bonchev–Trinajstić information content (AvgIpc) is 3.13. The highest BCUT2D eigenvalue weighted by molar-refractivity contribution is 8.00. The van der Waals surface area contributed by atoms with Crippen molar-refractivity contribution in [3.63, 3.8) is 0 Å². The standard InChI is InChI=1S/C17H18N4OS/c1-4-9-21-12(3)19-20-17(21)23-11(2)16(22)14-10-18-15-8-6-5-7-13(14)15/h4-8,10-11,18H,1,9H2,2-3H3. The summed E-state index contributed by atoms with van der Waals surface area (Å²) in [6.45, 7) is 8.18. The first-order chi connectivity index (χ1) is 11.1. The van der Waals surface area contributed by atoms with Gasteiger partial charge < -0.3 is 9.55 Å². The van der Waals surface area contributed by atoms with E-state index in [0.717, 1.165) is 21.9 Å². The van der Waals surface area contributed by atoms with Gasteiger partial charge in [0.1, 0.15) is 5.82 Å². The summed E-state index contributed by atoms with van der Waals surface area (Å²) in [7, 11) is 0. The molecule has 0 fully saturated rings. The number of aromatic nitrogens is 4. The number of thioether (sulfide) groups is 1. The number of nitrogens with zero attached hydrogens (tertiary/aromatic N) is 3. The van der Waals surface area contributed by atoms with E-state index in [4.69, 9.17) is 0 Å². The van der Waals surface area contributed by atoms with Crippen LogP contribution in [0.2, 0.25) is 0 Å². The van der Waals surface area contributed by atoms with E-state index in [1.54, 1.807) is 12.3 Å². The maximum absolute atomic E-state index is 12.8. The molecule has 0 bridgehead atoms. The molecule has 1 N–H and O–H groups in total. The van der Waals surface area contributed by atoms with Gasteiger partial charge in [0.05, 0.1) is 5.25 Å². The number of carbonyl (C=O) groups excluding carboxylic acids is 1. The maximum atomic E-state index is 12.8. The fourth-order valence-electron chi connectivity index (χ4n) is 2.49. The highest BCUT2D eigenvalue weighted by atomic mass is 32.2. The Balaban J connectivity index is 1.84. The molecule has 3 aromatic rings. The van der Waals surface area contributed by atoms with E-state index < -0.39 is 0 Å². The highest BCUT2D eigenvalue weighted by Gasteiger charge is 2.22. The van der Waals surface area contributed by atoms with Crippen molar-refractivity contribution >= 4 is 28.4 Å². The number of rotatable bonds is 6. The Morgan fingerprint density at radius 2 is 2.22 bits per heavy atom. The summed E-state index contributed by atoms with van der Waals surface area (Å²) in [6, 6.07) is 7.81. The number of aryl methyl sites for hydroxylation is 1. The number of benzene rings is 1. The molecule has 1 atom stereocenters. The number of nitrogens with one attached hydrogen (secondary N) is 1. The van der Waals surface area contributed by atoms with Gasteiger partial charge in [0.25, 0.3) is 0 Å². The molecule has 0 aliphatic rings. The lowest BCUT2D eigenvalue weighted by molar-refractivity contribution is 0.0995. The van der Waals surface area contributed by atoms with Gasteiger partial charge in [-0.2, -0.15) is 0 Å². The molecule has 118 valence electrons. The van der Waals surface area contributed by atoms with Gasteiger partial charge >= 0.3 is 0 Å². The zero-order valence-corrected chi connectivity index (χ0v) is 13.9. The van der Waals surface area contributed by atoms with Crippen LogP contribution in [0.1, 0.15) is 23.1 Å². The number of aromatic amines is 1. The summed E-state index contributed by atoms with van der Waals surface area (Å²) >= 11 is 1.42. The number of hydrogen-bond acceptors (Lipinski definition) is 4. The van der Waals surface area contributed by atoms with Crippen LogP contribution < -0.4 is 0 Å². The molecule has 5 nitrogen and oxygen atoms in total. The predicted octanol–water partition coefficient (Wildman–Crippen LogP) is 3.62. The molecule has 2 aromatic heterocycles.